The molecule has 6 heteroatoms. The van der Waals surface area contributed by atoms with Crippen molar-refractivity contribution in [3.8, 4) is 11.5 Å². The number of nitro benzene ring substituents is 1. The molecule has 0 radical (unpaired) electrons. The van der Waals surface area contributed by atoms with Gasteiger partial charge >= 0.3 is 0 Å². The highest BCUT2D eigenvalue weighted by molar-refractivity contribution is 5.86. The van der Waals surface area contributed by atoms with Gasteiger partial charge in [0.05, 0.1) is 17.2 Å². The van der Waals surface area contributed by atoms with Gasteiger partial charge in [-0.05, 0) is 25.1 Å². The summed E-state index contributed by atoms with van der Waals surface area (Å²) in [5.41, 5.74) is 0.884. The number of benzene rings is 2. The molecule has 2 aromatic rings. The minimum absolute atomic E-state index is 0.00599. The molecule has 0 heterocycles. The quantitative estimate of drug-likeness (QED) is 0.518. The number of non-ortho nitro benzene ring substituents is 1. The fourth-order valence-corrected chi connectivity index (χ4v) is 1.75. The molecule has 0 amide bonds. The molecule has 0 aliphatic heterocycles. The number of phenols is 1. The Morgan fingerprint density at radius 1 is 1.33 bits per heavy atom. The number of phenolic OH excluding ortho intramolecular Hbond substituents is 1. The zero-order valence-electron chi connectivity index (χ0n) is 11.4. The van der Waals surface area contributed by atoms with Gasteiger partial charge in [-0.15, -0.1) is 0 Å². The maximum atomic E-state index is 10.7. The third-order valence-corrected chi connectivity index (χ3v) is 2.72. The third kappa shape index (κ3) is 3.56. The monoisotopic (exact) mass is 286 g/mol. The van der Waals surface area contributed by atoms with Crippen LogP contribution in [0.15, 0.2) is 47.5 Å². The molecule has 2 rings (SSSR count). The van der Waals surface area contributed by atoms with Crippen molar-refractivity contribution in [1.82, 2.24) is 0 Å². The second kappa shape index (κ2) is 6.51. The van der Waals surface area contributed by atoms with Gasteiger partial charge in [-0.2, -0.15) is 0 Å². The predicted octanol–water partition coefficient (Wildman–Crippen LogP) is 3.45. The van der Waals surface area contributed by atoms with Crippen molar-refractivity contribution in [3.63, 3.8) is 0 Å². The first-order chi connectivity index (χ1) is 10.1. The lowest BCUT2D eigenvalue weighted by Crippen LogP contribution is -1.93. The van der Waals surface area contributed by atoms with Crippen molar-refractivity contribution in [2.75, 3.05) is 6.61 Å². The number of para-hydroxylation sites is 1. The Balaban J connectivity index is 2.27. The first kappa shape index (κ1) is 14.5. The highest BCUT2D eigenvalue weighted by Crippen LogP contribution is 2.29. The Morgan fingerprint density at radius 2 is 2.10 bits per heavy atom. The van der Waals surface area contributed by atoms with E-state index in [0.717, 1.165) is 0 Å². The minimum Gasteiger partial charge on any atom is -0.504 e. The summed E-state index contributed by atoms with van der Waals surface area (Å²) in [5.74, 6) is 0.369. The van der Waals surface area contributed by atoms with E-state index in [-0.39, 0.29) is 11.4 Å². The van der Waals surface area contributed by atoms with Gasteiger partial charge in [0, 0.05) is 23.9 Å². The highest BCUT2D eigenvalue weighted by Gasteiger charge is 2.07. The number of hydrogen-bond acceptors (Lipinski definition) is 5. The van der Waals surface area contributed by atoms with Crippen LogP contribution in [0.1, 0.15) is 12.5 Å². The third-order valence-electron chi connectivity index (χ3n) is 2.72. The summed E-state index contributed by atoms with van der Waals surface area (Å²) in [6.45, 7) is 2.27. The van der Waals surface area contributed by atoms with Crippen LogP contribution in [0.4, 0.5) is 11.4 Å². The van der Waals surface area contributed by atoms with E-state index in [1.54, 1.807) is 30.3 Å². The van der Waals surface area contributed by atoms with Crippen LogP contribution in [0, 0.1) is 10.1 Å². The van der Waals surface area contributed by atoms with Crippen molar-refractivity contribution in [2.24, 2.45) is 4.99 Å². The van der Waals surface area contributed by atoms with Crippen LogP contribution in [-0.2, 0) is 0 Å². The summed E-state index contributed by atoms with van der Waals surface area (Å²) < 4.78 is 5.28. The predicted molar refractivity (Wildman–Crippen MR) is 79.6 cm³/mol. The SMILES string of the molecule is CCOc1cccc(C=Nc2cccc([N+](=O)[O-])c2)c1O. The van der Waals surface area contributed by atoms with E-state index in [1.807, 2.05) is 6.92 Å². The summed E-state index contributed by atoms with van der Waals surface area (Å²) >= 11 is 0. The second-order valence-electron chi connectivity index (χ2n) is 4.16. The lowest BCUT2D eigenvalue weighted by molar-refractivity contribution is -0.384. The van der Waals surface area contributed by atoms with Crippen LogP contribution in [0.2, 0.25) is 0 Å². The summed E-state index contributed by atoms with van der Waals surface area (Å²) in [4.78, 5) is 14.4. The van der Waals surface area contributed by atoms with Crippen LogP contribution < -0.4 is 4.74 Å². The largest absolute Gasteiger partial charge is 0.504 e. The number of aliphatic imine (C=N–C) groups is 1. The molecule has 0 aromatic heterocycles. The van der Waals surface area contributed by atoms with Crippen molar-refractivity contribution in [3.05, 3.63) is 58.1 Å². The fraction of sp³-hybridized carbons (Fsp3) is 0.133. The lowest BCUT2D eigenvalue weighted by Gasteiger charge is -2.07. The summed E-state index contributed by atoms with van der Waals surface area (Å²) in [5, 5.41) is 20.7. The number of rotatable bonds is 5. The lowest BCUT2D eigenvalue weighted by atomic mass is 10.2. The van der Waals surface area contributed by atoms with Gasteiger partial charge in [0.15, 0.2) is 11.5 Å². The van der Waals surface area contributed by atoms with Gasteiger partial charge in [-0.1, -0.05) is 12.1 Å². The van der Waals surface area contributed by atoms with Gasteiger partial charge in [0.2, 0.25) is 0 Å². The molecule has 0 saturated carbocycles. The first-order valence-corrected chi connectivity index (χ1v) is 6.35. The topological polar surface area (TPSA) is 85.0 Å². The molecule has 0 unspecified atom stereocenters. The van der Waals surface area contributed by atoms with Crippen molar-refractivity contribution in [2.45, 2.75) is 6.92 Å². The molecule has 0 spiro atoms. The van der Waals surface area contributed by atoms with Crippen LogP contribution in [0.5, 0.6) is 11.5 Å². The van der Waals surface area contributed by atoms with Crippen molar-refractivity contribution in [1.29, 1.82) is 0 Å². The Kier molecular flexibility index (Phi) is 4.50. The summed E-state index contributed by atoms with van der Waals surface area (Å²) in [6, 6.07) is 11.0. The second-order valence-corrected chi connectivity index (χ2v) is 4.16. The first-order valence-electron chi connectivity index (χ1n) is 6.35. The Hall–Kier alpha value is -2.89. The molecule has 21 heavy (non-hydrogen) atoms. The molecular formula is C15H14N2O4. The van der Waals surface area contributed by atoms with Crippen LogP contribution in [0.25, 0.3) is 0 Å². The number of aromatic hydroxyl groups is 1. The van der Waals surface area contributed by atoms with E-state index in [1.165, 1.54) is 18.3 Å². The van der Waals surface area contributed by atoms with Crippen LogP contribution in [0.3, 0.4) is 0 Å². The standard InChI is InChI=1S/C15H14N2O4/c1-2-21-14-8-3-5-11(15(14)18)10-16-12-6-4-7-13(9-12)17(19)20/h3-10,18H,2H2,1H3. The zero-order chi connectivity index (χ0) is 15.2. The molecule has 0 atom stereocenters. The molecule has 108 valence electrons. The van der Waals surface area contributed by atoms with Gasteiger partial charge in [0.1, 0.15) is 0 Å². The van der Waals surface area contributed by atoms with Crippen LogP contribution >= 0.6 is 0 Å². The number of nitrogens with zero attached hydrogens (tertiary/aromatic N) is 2. The van der Waals surface area contributed by atoms with Gasteiger partial charge in [-0.25, -0.2) is 0 Å². The van der Waals surface area contributed by atoms with E-state index in [4.69, 9.17) is 4.74 Å². The van der Waals surface area contributed by atoms with Gasteiger partial charge in [0.25, 0.3) is 5.69 Å². The van der Waals surface area contributed by atoms with Crippen molar-refractivity contribution >= 4 is 17.6 Å². The number of ether oxygens (including phenoxy) is 1. The normalized spacial score (nSPS) is 10.7. The highest BCUT2D eigenvalue weighted by atomic mass is 16.6. The molecule has 0 bridgehead atoms. The van der Waals surface area contributed by atoms with Crippen molar-refractivity contribution < 1.29 is 14.8 Å². The van der Waals surface area contributed by atoms with E-state index in [9.17, 15) is 15.2 Å². The summed E-state index contributed by atoms with van der Waals surface area (Å²) in [7, 11) is 0. The van der Waals surface area contributed by atoms with Gasteiger partial charge in [-0.3, -0.25) is 15.1 Å². The Labute approximate surface area is 121 Å². The van der Waals surface area contributed by atoms with E-state index in [2.05, 4.69) is 4.99 Å². The van der Waals surface area contributed by atoms with E-state index >= 15 is 0 Å². The summed E-state index contributed by atoms with van der Waals surface area (Å²) in [6.07, 6.45) is 1.44. The molecule has 1 N–H and O–H groups in total. The average molecular weight is 286 g/mol. The zero-order valence-corrected chi connectivity index (χ0v) is 11.4. The van der Waals surface area contributed by atoms with Gasteiger partial charge < -0.3 is 9.84 Å². The fourth-order valence-electron chi connectivity index (χ4n) is 1.75. The van der Waals surface area contributed by atoms with E-state index in [0.29, 0.717) is 23.6 Å². The minimum atomic E-state index is -0.480. The Morgan fingerprint density at radius 3 is 2.81 bits per heavy atom. The molecule has 0 aliphatic rings. The molecule has 6 nitrogen and oxygen atoms in total. The molecule has 2 aromatic carbocycles. The molecule has 0 fully saturated rings. The molecular weight excluding hydrogens is 272 g/mol. The average Bonchev–Trinajstić information content (AvgIpc) is 2.48. The van der Waals surface area contributed by atoms with Crippen LogP contribution in [-0.4, -0.2) is 22.9 Å². The Bertz CT molecular complexity index is 683. The van der Waals surface area contributed by atoms with E-state index < -0.39 is 4.92 Å². The maximum absolute atomic E-state index is 10.7. The maximum Gasteiger partial charge on any atom is 0.271 e. The smallest absolute Gasteiger partial charge is 0.271 e. The molecule has 0 aliphatic carbocycles. The molecule has 0 saturated heterocycles. The number of nitro groups is 1. The number of hydrogen-bond donors (Lipinski definition) is 1.